The summed E-state index contributed by atoms with van der Waals surface area (Å²) >= 11 is 0. The molecular formula is C13H23N7. The van der Waals surface area contributed by atoms with Gasteiger partial charge in [-0.1, -0.05) is 0 Å². The van der Waals surface area contributed by atoms with Crippen LogP contribution in [0, 0.1) is 12.3 Å². The molecule has 20 heavy (non-hydrogen) atoms. The van der Waals surface area contributed by atoms with E-state index in [1.807, 2.05) is 13.0 Å². The Morgan fingerprint density at radius 2 is 2.40 bits per heavy atom. The van der Waals surface area contributed by atoms with E-state index in [2.05, 4.69) is 39.1 Å². The van der Waals surface area contributed by atoms with E-state index in [9.17, 15) is 0 Å². The maximum Gasteiger partial charge on any atom is 0.175 e. The van der Waals surface area contributed by atoms with Crippen LogP contribution in [0.1, 0.15) is 18.5 Å². The Labute approximate surface area is 119 Å². The van der Waals surface area contributed by atoms with E-state index in [0.29, 0.717) is 30.0 Å². The highest BCUT2D eigenvalue weighted by atomic mass is 15.3. The molecule has 1 unspecified atom stereocenters. The first-order valence-corrected chi connectivity index (χ1v) is 6.79. The second-order valence-electron chi connectivity index (χ2n) is 5.49. The molecule has 0 amide bonds. The van der Waals surface area contributed by atoms with Crippen molar-refractivity contribution in [1.82, 2.24) is 20.0 Å². The van der Waals surface area contributed by atoms with Gasteiger partial charge in [0.15, 0.2) is 5.82 Å². The van der Waals surface area contributed by atoms with Gasteiger partial charge < -0.3 is 15.5 Å². The molecule has 1 atom stereocenters. The smallest absolute Gasteiger partial charge is 0.175 e. The number of nitrogens with two attached hydrogens (primary N) is 1. The first-order valence-electron chi connectivity index (χ1n) is 6.79. The largest absolute Gasteiger partial charge is 0.387 e. The summed E-state index contributed by atoms with van der Waals surface area (Å²) in [7, 11) is 4.15. The minimum atomic E-state index is 0.367. The summed E-state index contributed by atoms with van der Waals surface area (Å²) in [5.74, 6) is 1.53. The minimum Gasteiger partial charge on any atom is -0.387 e. The molecule has 1 aliphatic rings. The molecule has 0 bridgehead atoms. The number of aromatic amines is 1. The summed E-state index contributed by atoms with van der Waals surface area (Å²) in [6.07, 6.45) is 1.46. The van der Waals surface area contributed by atoms with Gasteiger partial charge >= 0.3 is 0 Å². The Balaban J connectivity index is 1.90. The standard InChI is InChI=1S/C13H23N7/c1-9-6-13(18-17-9)16-11(14)7-12(15)20-5-4-10(8-20)19(2)3/h6,10,15H,4-5,7-8H2,1-3H3,(H3,14,16,17,18). The third-order valence-corrected chi connectivity index (χ3v) is 3.57. The summed E-state index contributed by atoms with van der Waals surface area (Å²) in [6, 6.07) is 2.34. The fourth-order valence-electron chi connectivity index (χ4n) is 2.34. The molecule has 7 nitrogen and oxygen atoms in total. The van der Waals surface area contributed by atoms with Crippen molar-refractivity contribution in [1.29, 1.82) is 5.41 Å². The lowest BCUT2D eigenvalue weighted by atomic mass is 10.2. The van der Waals surface area contributed by atoms with E-state index in [0.717, 1.165) is 25.2 Å². The minimum absolute atomic E-state index is 0.367. The normalized spacial score (nSPS) is 19.9. The lowest BCUT2D eigenvalue weighted by Crippen LogP contribution is -2.35. The number of aromatic nitrogens is 2. The van der Waals surface area contributed by atoms with Gasteiger partial charge in [0.05, 0.1) is 6.42 Å². The molecule has 2 rings (SSSR count). The van der Waals surface area contributed by atoms with E-state index < -0.39 is 0 Å². The predicted octanol–water partition coefficient (Wildman–Crippen LogP) is 0.710. The van der Waals surface area contributed by atoms with E-state index in [1.165, 1.54) is 0 Å². The first kappa shape index (κ1) is 14.5. The Bertz CT molecular complexity index is 503. The van der Waals surface area contributed by atoms with E-state index in [-0.39, 0.29) is 0 Å². The molecule has 0 radical (unpaired) electrons. The highest BCUT2D eigenvalue weighted by Crippen LogP contribution is 2.15. The van der Waals surface area contributed by atoms with Crippen LogP contribution >= 0.6 is 0 Å². The number of likely N-dealkylation sites (N-methyl/N-ethyl adjacent to an activating group) is 1. The number of H-pyrrole nitrogens is 1. The molecule has 1 saturated heterocycles. The van der Waals surface area contributed by atoms with Gasteiger partial charge in [-0.2, -0.15) is 5.10 Å². The van der Waals surface area contributed by atoms with Crippen molar-refractivity contribution >= 4 is 17.5 Å². The first-order chi connectivity index (χ1) is 9.45. The molecule has 1 fully saturated rings. The van der Waals surface area contributed by atoms with Crippen LogP contribution < -0.4 is 5.73 Å². The van der Waals surface area contributed by atoms with E-state index in [4.69, 9.17) is 11.1 Å². The quantitative estimate of drug-likeness (QED) is 0.557. The van der Waals surface area contributed by atoms with Gasteiger partial charge in [-0.25, -0.2) is 4.99 Å². The number of amidine groups is 2. The molecule has 0 aromatic carbocycles. The summed E-state index contributed by atoms with van der Waals surface area (Å²) in [5.41, 5.74) is 6.84. The molecule has 0 spiro atoms. The zero-order chi connectivity index (χ0) is 14.7. The van der Waals surface area contributed by atoms with Crippen molar-refractivity contribution < 1.29 is 0 Å². The monoisotopic (exact) mass is 277 g/mol. The van der Waals surface area contributed by atoms with Crippen molar-refractivity contribution in [2.45, 2.75) is 25.8 Å². The van der Waals surface area contributed by atoms with Gasteiger partial charge in [0.2, 0.25) is 0 Å². The zero-order valence-electron chi connectivity index (χ0n) is 12.3. The number of aryl methyl sites for hydroxylation is 1. The van der Waals surface area contributed by atoms with Crippen molar-refractivity contribution in [2.75, 3.05) is 27.2 Å². The molecular weight excluding hydrogens is 254 g/mol. The van der Waals surface area contributed by atoms with Gasteiger partial charge in [-0.05, 0) is 27.4 Å². The molecule has 0 saturated carbocycles. The Morgan fingerprint density at radius 1 is 1.65 bits per heavy atom. The number of hydrogen-bond donors (Lipinski definition) is 3. The third-order valence-electron chi connectivity index (χ3n) is 3.57. The SMILES string of the molecule is Cc1cc(N=C(N)CC(=N)N2CCC(N(C)C)C2)n[nH]1. The number of likely N-dealkylation sites (tertiary alicyclic amines) is 1. The molecule has 0 aliphatic carbocycles. The number of hydrogen-bond acceptors (Lipinski definition) is 4. The number of nitrogens with one attached hydrogen (secondary N) is 2. The molecule has 4 N–H and O–H groups in total. The van der Waals surface area contributed by atoms with Crippen LogP contribution in [0.25, 0.3) is 0 Å². The molecule has 2 heterocycles. The van der Waals surface area contributed by atoms with Crippen LogP contribution in [-0.4, -0.2) is 64.9 Å². The molecule has 1 aromatic rings. The van der Waals surface area contributed by atoms with Crippen LogP contribution in [0.3, 0.4) is 0 Å². The van der Waals surface area contributed by atoms with Crippen molar-refractivity contribution in [3.05, 3.63) is 11.8 Å². The highest BCUT2D eigenvalue weighted by molar-refractivity contribution is 6.01. The Morgan fingerprint density at radius 3 is 2.95 bits per heavy atom. The van der Waals surface area contributed by atoms with Crippen molar-refractivity contribution in [3.8, 4) is 0 Å². The maximum absolute atomic E-state index is 8.14. The Hall–Kier alpha value is -1.89. The van der Waals surface area contributed by atoms with Crippen LogP contribution in [-0.2, 0) is 0 Å². The summed E-state index contributed by atoms with van der Waals surface area (Å²) < 4.78 is 0. The average Bonchev–Trinajstić information content (AvgIpc) is 2.98. The van der Waals surface area contributed by atoms with E-state index in [1.54, 1.807) is 0 Å². The van der Waals surface area contributed by atoms with Gasteiger partial charge in [0.1, 0.15) is 11.7 Å². The summed E-state index contributed by atoms with van der Waals surface area (Å²) in [4.78, 5) is 8.50. The lowest BCUT2D eigenvalue weighted by molar-refractivity contribution is 0.300. The number of aliphatic imine (C=N–C) groups is 1. The summed E-state index contributed by atoms with van der Waals surface area (Å²) in [5, 5.41) is 15.0. The Kier molecular flexibility index (Phi) is 4.39. The fourth-order valence-corrected chi connectivity index (χ4v) is 2.34. The third kappa shape index (κ3) is 3.57. The van der Waals surface area contributed by atoms with Gasteiger partial charge in [0.25, 0.3) is 0 Å². The lowest BCUT2D eigenvalue weighted by Gasteiger charge is -2.22. The van der Waals surface area contributed by atoms with Crippen molar-refractivity contribution in [3.63, 3.8) is 0 Å². The van der Waals surface area contributed by atoms with Gasteiger partial charge in [-0.15, -0.1) is 0 Å². The maximum atomic E-state index is 8.14. The van der Waals surface area contributed by atoms with Crippen molar-refractivity contribution in [2.24, 2.45) is 10.7 Å². The molecule has 110 valence electrons. The van der Waals surface area contributed by atoms with E-state index >= 15 is 0 Å². The second-order valence-corrected chi connectivity index (χ2v) is 5.49. The predicted molar refractivity (Wildman–Crippen MR) is 80.6 cm³/mol. The molecule has 7 heteroatoms. The molecule has 1 aromatic heterocycles. The average molecular weight is 277 g/mol. The molecule has 1 aliphatic heterocycles. The topological polar surface area (TPSA) is 97.4 Å². The number of rotatable bonds is 4. The fraction of sp³-hybridized carbons (Fsp3) is 0.615. The van der Waals surface area contributed by atoms with Crippen LogP contribution in [0.5, 0.6) is 0 Å². The summed E-state index contributed by atoms with van der Waals surface area (Å²) in [6.45, 7) is 3.72. The second kappa shape index (κ2) is 6.04. The van der Waals surface area contributed by atoms with Crippen LogP contribution in [0.15, 0.2) is 11.1 Å². The number of nitrogens with zero attached hydrogens (tertiary/aromatic N) is 4. The van der Waals surface area contributed by atoms with Gasteiger partial charge in [0, 0.05) is 30.9 Å². The highest BCUT2D eigenvalue weighted by Gasteiger charge is 2.25. The zero-order valence-corrected chi connectivity index (χ0v) is 12.3. The van der Waals surface area contributed by atoms with Gasteiger partial charge in [-0.3, -0.25) is 10.5 Å². The van der Waals surface area contributed by atoms with Crippen LogP contribution in [0.2, 0.25) is 0 Å². The van der Waals surface area contributed by atoms with Crippen LogP contribution in [0.4, 0.5) is 5.82 Å².